The number of nitrogens with one attached hydrogen (secondary N) is 2. The molecular weight excluding hydrogens is 492 g/mol. The van der Waals surface area contributed by atoms with E-state index in [-0.39, 0.29) is 38.2 Å². The Balaban J connectivity index is 1.73. The molecular formula is C26H34N6O6. The van der Waals surface area contributed by atoms with Gasteiger partial charge in [-0.15, -0.1) is 10.2 Å². The predicted molar refractivity (Wildman–Crippen MR) is 138 cm³/mol. The second-order valence-corrected chi connectivity index (χ2v) is 9.21. The summed E-state index contributed by atoms with van der Waals surface area (Å²) in [6.07, 6.45) is -0.165. The molecule has 0 unspecified atom stereocenters. The summed E-state index contributed by atoms with van der Waals surface area (Å²) >= 11 is 0. The number of pyridine rings is 1. The number of carbonyl (C=O) groups is 3. The van der Waals surface area contributed by atoms with Gasteiger partial charge < -0.3 is 30.6 Å². The fraction of sp³-hybridized carbons (Fsp3) is 0.423. The largest absolute Gasteiger partial charge is 0.466 e. The highest BCUT2D eigenvalue weighted by molar-refractivity contribution is 5.85. The molecule has 3 rings (SSSR count). The number of alkyl carbamates (subject to hydrolysis) is 1. The van der Waals surface area contributed by atoms with Gasteiger partial charge in [-0.3, -0.25) is 14.0 Å². The standard InChI is InChI=1S/C26H34N6O6/c1-18(33)37-14-8-13-28-25(35)38-16-20-11-7-12-22-30-31-23(32(20)22)21(29-24(34)26(2,3)27)17-36-15-19-9-5-4-6-10-19/h4-7,9-12,21H,8,13-17,27H2,1-3H3,(H,28,35)(H,29,34)/t21-/m1/s1. The van der Waals surface area contributed by atoms with E-state index in [0.717, 1.165) is 5.56 Å². The molecule has 4 N–H and O–H groups in total. The van der Waals surface area contributed by atoms with E-state index in [9.17, 15) is 14.4 Å². The molecule has 38 heavy (non-hydrogen) atoms. The second-order valence-electron chi connectivity index (χ2n) is 9.21. The average molecular weight is 527 g/mol. The normalized spacial score (nSPS) is 12.1. The Bertz CT molecular complexity index is 1220. The molecule has 2 heterocycles. The second kappa shape index (κ2) is 13.5. The molecule has 204 valence electrons. The summed E-state index contributed by atoms with van der Waals surface area (Å²) in [5.74, 6) is -0.350. The van der Waals surface area contributed by atoms with Crippen molar-refractivity contribution in [2.24, 2.45) is 5.73 Å². The molecule has 12 heteroatoms. The molecule has 2 aromatic heterocycles. The lowest BCUT2D eigenvalue weighted by Crippen LogP contribution is -2.51. The third-order valence-electron chi connectivity index (χ3n) is 5.38. The number of benzene rings is 1. The van der Waals surface area contributed by atoms with Crippen LogP contribution in [0.15, 0.2) is 48.5 Å². The number of fused-ring (bicyclic) bond motifs is 1. The number of aromatic nitrogens is 3. The molecule has 12 nitrogen and oxygen atoms in total. The number of carbonyl (C=O) groups excluding carboxylic acids is 3. The number of esters is 1. The highest BCUT2D eigenvalue weighted by atomic mass is 16.5. The van der Waals surface area contributed by atoms with Gasteiger partial charge in [0.1, 0.15) is 12.6 Å². The van der Waals surface area contributed by atoms with Crippen LogP contribution in [0, 0.1) is 0 Å². The zero-order chi connectivity index (χ0) is 27.5. The lowest BCUT2D eigenvalue weighted by Gasteiger charge is -2.24. The SMILES string of the molecule is CC(=O)OCCCNC(=O)OCc1cccc2nnc([C@@H](COCc3ccccc3)NC(=O)C(C)(C)N)n12. The Kier molecular flexibility index (Phi) is 10.1. The van der Waals surface area contributed by atoms with Crippen LogP contribution < -0.4 is 16.4 Å². The van der Waals surface area contributed by atoms with Crippen molar-refractivity contribution in [1.29, 1.82) is 0 Å². The summed E-state index contributed by atoms with van der Waals surface area (Å²) in [7, 11) is 0. The molecule has 0 fully saturated rings. The van der Waals surface area contributed by atoms with Crippen molar-refractivity contribution in [2.45, 2.75) is 52.0 Å². The summed E-state index contributed by atoms with van der Waals surface area (Å²) in [6.45, 7) is 5.40. The fourth-order valence-electron chi connectivity index (χ4n) is 3.43. The van der Waals surface area contributed by atoms with Gasteiger partial charge in [-0.05, 0) is 38.0 Å². The van der Waals surface area contributed by atoms with Crippen molar-refractivity contribution < 1.29 is 28.6 Å². The van der Waals surface area contributed by atoms with E-state index in [2.05, 4.69) is 20.8 Å². The summed E-state index contributed by atoms with van der Waals surface area (Å²) in [5.41, 5.74) is 6.97. The van der Waals surface area contributed by atoms with Crippen LogP contribution in [-0.4, -0.2) is 57.9 Å². The molecule has 0 bridgehead atoms. The number of nitrogens with two attached hydrogens (primary N) is 1. The topological polar surface area (TPSA) is 159 Å². The minimum atomic E-state index is -1.13. The maximum absolute atomic E-state index is 12.8. The molecule has 1 aromatic carbocycles. The van der Waals surface area contributed by atoms with Crippen LogP contribution in [0.1, 0.15) is 50.3 Å². The van der Waals surface area contributed by atoms with Gasteiger partial charge in [0, 0.05) is 13.5 Å². The van der Waals surface area contributed by atoms with Crippen molar-refractivity contribution in [3.8, 4) is 0 Å². The van der Waals surface area contributed by atoms with Gasteiger partial charge in [-0.2, -0.15) is 0 Å². The molecule has 1 atom stereocenters. The van der Waals surface area contributed by atoms with E-state index in [0.29, 0.717) is 30.2 Å². The number of ether oxygens (including phenoxy) is 3. The first-order valence-corrected chi connectivity index (χ1v) is 12.2. The van der Waals surface area contributed by atoms with Crippen LogP contribution in [0.2, 0.25) is 0 Å². The molecule has 0 saturated carbocycles. The monoisotopic (exact) mass is 526 g/mol. The van der Waals surface area contributed by atoms with Gasteiger partial charge >= 0.3 is 12.1 Å². The maximum atomic E-state index is 12.8. The van der Waals surface area contributed by atoms with Crippen molar-refractivity contribution in [2.75, 3.05) is 19.8 Å². The summed E-state index contributed by atoms with van der Waals surface area (Å²) < 4.78 is 17.8. The fourth-order valence-corrected chi connectivity index (χ4v) is 3.43. The lowest BCUT2D eigenvalue weighted by molar-refractivity contribution is -0.141. The Morgan fingerprint density at radius 1 is 1.03 bits per heavy atom. The van der Waals surface area contributed by atoms with Gasteiger partial charge in [-0.1, -0.05) is 36.4 Å². The van der Waals surface area contributed by atoms with Crippen LogP contribution in [0.4, 0.5) is 4.79 Å². The highest BCUT2D eigenvalue weighted by Gasteiger charge is 2.28. The van der Waals surface area contributed by atoms with Crippen LogP contribution in [-0.2, 0) is 37.0 Å². The zero-order valence-electron chi connectivity index (χ0n) is 21.8. The number of amides is 2. The van der Waals surface area contributed by atoms with Crippen LogP contribution >= 0.6 is 0 Å². The third kappa shape index (κ3) is 8.53. The summed E-state index contributed by atoms with van der Waals surface area (Å²) in [6, 6.07) is 14.3. The van der Waals surface area contributed by atoms with Gasteiger partial charge in [0.05, 0.1) is 31.1 Å². The van der Waals surface area contributed by atoms with E-state index in [1.54, 1.807) is 36.4 Å². The maximum Gasteiger partial charge on any atom is 0.407 e. The molecule has 0 radical (unpaired) electrons. The van der Waals surface area contributed by atoms with Crippen LogP contribution in [0.25, 0.3) is 5.65 Å². The number of rotatable bonds is 13. The predicted octanol–water partition coefficient (Wildman–Crippen LogP) is 2.02. The lowest BCUT2D eigenvalue weighted by atomic mass is 10.1. The molecule has 3 aromatic rings. The average Bonchev–Trinajstić information content (AvgIpc) is 3.31. The molecule has 0 spiro atoms. The molecule has 0 aliphatic carbocycles. The number of hydrogen-bond acceptors (Lipinski definition) is 9. The van der Waals surface area contributed by atoms with Gasteiger partial charge in [0.15, 0.2) is 11.5 Å². The Morgan fingerprint density at radius 3 is 2.50 bits per heavy atom. The van der Waals surface area contributed by atoms with Crippen LogP contribution in [0.3, 0.4) is 0 Å². The molecule has 0 aliphatic rings. The van der Waals surface area contributed by atoms with Crippen molar-refractivity contribution >= 4 is 23.6 Å². The minimum absolute atomic E-state index is 0.0773. The van der Waals surface area contributed by atoms with Gasteiger partial charge in [-0.25, -0.2) is 4.79 Å². The van der Waals surface area contributed by atoms with Crippen molar-refractivity contribution in [3.63, 3.8) is 0 Å². The first-order valence-electron chi connectivity index (χ1n) is 12.2. The first kappa shape index (κ1) is 28.5. The Hall–Kier alpha value is -4.03. The van der Waals surface area contributed by atoms with Crippen molar-refractivity contribution in [3.05, 3.63) is 65.6 Å². The van der Waals surface area contributed by atoms with E-state index in [4.69, 9.17) is 19.9 Å². The smallest absolute Gasteiger partial charge is 0.407 e. The number of hydrogen-bond donors (Lipinski definition) is 3. The minimum Gasteiger partial charge on any atom is -0.466 e. The molecule has 2 amide bonds. The highest BCUT2D eigenvalue weighted by Crippen LogP contribution is 2.18. The van der Waals surface area contributed by atoms with Gasteiger partial charge in [0.25, 0.3) is 0 Å². The number of nitrogens with zero attached hydrogens (tertiary/aromatic N) is 3. The first-order chi connectivity index (χ1) is 18.1. The zero-order valence-corrected chi connectivity index (χ0v) is 21.8. The summed E-state index contributed by atoms with van der Waals surface area (Å²) in [5, 5.41) is 14.1. The Morgan fingerprint density at radius 2 is 1.79 bits per heavy atom. The van der Waals surface area contributed by atoms with E-state index < -0.39 is 17.7 Å². The quantitative estimate of drug-likeness (QED) is 0.224. The third-order valence-corrected chi connectivity index (χ3v) is 5.38. The van der Waals surface area contributed by atoms with E-state index in [1.165, 1.54) is 6.92 Å². The van der Waals surface area contributed by atoms with E-state index >= 15 is 0 Å². The Labute approximate surface area is 220 Å². The molecule has 0 saturated heterocycles. The van der Waals surface area contributed by atoms with E-state index in [1.807, 2.05) is 30.3 Å². The molecule has 0 aliphatic heterocycles. The van der Waals surface area contributed by atoms with Crippen LogP contribution in [0.5, 0.6) is 0 Å². The van der Waals surface area contributed by atoms with Gasteiger partial charge in [0.2, 0.25) is 5.91 Å². The van der Waals surface area contributed by atoms with Crippen molar-refractivity contribution in [1.82, 2.24) is 25.2 Å². The summed E-state index contributed by atoms with van der Waals surface area (Å²) in [4.78, 5) is 35.7.